The van der Waals surface area contributed by atoms with Crippen LogP contribution in [0.4, 0.5) is 0 Å². The van der Waals surface area contributed by atoms with Crippen molar-refractivity contribution in [1.29, 1.82) is 0 Å². The first-order valence-corrected chi connectivity index (χ1v) is 21.5. The molecule has 2 amide bonds. The summed E-state index contributed by atoms with van der Waals surface area (Å²) in [4.78, 5) is 54.4. The average Bonchev–Trinajstić information content (AvgIpc) is 3.59. The lowest BCUT2D eigenvalue weighted by atomic mass is 9.95. The van der Waals surface area contributed by atoms with Gasteiger partial charge in [-0.2, -0.15) is 5.48 Å². The first-order valence-electron chi connectivity index (χ1n) is 21.5. The number of hydrogen-bond acceptors (Lipinski definition) is 7. The van der Waals surface area contributed by atoms with Crippen molar-refractivity contribution in [3.8, 4) is 11.8 Å². The number of imidazole rings is 2. The van der Waals surface area contributed by atoms with E-state index in [4.69, 9.17) is 19.5 Å². The summed E-state index contributed by atoms with van der Waals surface area (Å²) in [6, 6.07) is 20.9. The first kappa shape index (κ1) is 38.0. The maximum atomic E-state index is 13.8. The van der Waals surface area contributed by atoms with Crippen molar-refractivity contribution in [2.45, 2.75) is 96.4 Å². The van der Waals surface area contributed by atoms with E-state index in [2.05, 4.69) is 112 Å². The monoisotopic (exact) mass is 791 g/mol. The number of benzene rings is 4. The van der Waals surface area contributed by atoms with Gasteiger partial charge in [0.15, 0.2) is 0 Å². The van der Waals surface area contributed by atoms with Gasteiger partial charge in [-0.25, -0.2) is 9.97 Å². The number of hydrogen-bond donors (Lipinski definition) is 3. The van der Waals surface area contributed by atoms with Gasteiger partial charge in [0.2, 0.25) is 11.8 Å². The summed E-state index contributed by atoms with van der Waals surface area (Å²) in [7, 11) is 1.56. The number of carbonyl (C=O) groups excluding carboxylic acids is 2. The number of piperidine rings is 1. The van der Waals surface area contributed by atoms with Crippen LogP contribution in [0.5, 0.6) is 0 Å². The summed E-state index contributed by atoms with van der Waals surface area (Å²) in [5.41, 5.74) is 8.57. The van der Waals surface area contributed by atoms with E-state index in [1.165, 1.54) is 0 Å². The Labute approximate surface area is 344 Å². The lowest BCUT2D eigenvalue weighted by molar-refractivity contribution is -0.141. The third-order valence-electron chi connectivity index (χ3n) is 13.8. The molecule has 3 unspecified atom stereocenters. The second-order valence-electron chi connectivity index (χ2n) is 17.9. The molecule has 3 aliphatic heterocycles. The normalized spacial score (nSPS) is 25.0. The van der Waals surface area contributed by atoms with Crippen molar-refractivity contribution in [2.24, 2.45) is 23.7 Å². The lowest BCUT2D eigenvalue weighted by Gasteiger charge is -2.31. The number of amides is 2. The number of aromatic nitrogens is 4. The minimum atomic E-state index is -0.408. The summed E-state index contributed by atoms with van der Waals surface area (Å²) < 4.78 is 5.55. The van der Waals surface area contributed by atoms with Gasteiger partial charge in [-0.15, -0.1) is 0 Å². The molecule has 0 spiro atoms. The molecule has 3 N–H and O–H groups in total. The maximum absolute atomic E-state index is 13.8. The van der Waals surface area contributed by atoms with E-state index in [0.717, 1.165) is 112 Å². The number of H-pyrrole nitrogens is 2. The molecule has 3 saturated heterocycles. The molecular weight excluding hydrogens is 739 g/mol. The number of hydroxylamine groups is 1. The van der Waals surface area contributed by atoms with E-state index in [1.807, 2.05) is 13.8 Å². The number of nitrogens with zero attached hydrogens (tertiary/aromatic N) is 4. The zero-order chi connectivity index (χ0) is 40.5. The van der Waals surface area contributed by atoms with Crippen molar-refractivity contribution in [3.05, 3.63) is 83.4 Å². The number of nitrogens with one attached hydrogen (secondary N) is 3. The molecule has 11 nitrogen and oxygen atoms in total. The molecule has 11 heteroatoms. The minimum Gasteiger partial charge on any atom is -0.381 e. The topological polar surface area (TPSA) is 128 Å². The van der Waals surface area contributed by atoms with Gasteiger partial charge in [0.1, 0.15) is 17.7 Å². The molecule has 59 heavy (non-hydrogen) atoms. The molecular formula is C48H53N7O4. The molecule has 4 fully saturated rings. The van der Waals surface area contributed by atoms with Crippen LogP contribution in [0.3, 0.4) is 0 Å². The molecule has 0 radical (unpaired) electrons. The number of likely N-dealkylation sites (tertiary alicyclic amines) is 2. The van der Waals surface area contributed by atoms with Crippen molar-refractivity contribution in [1.82, 2.24) is 35.2 Å². The number of ether oxygens (including phenoxy) is 1. The van der Waals surface area contributed by atoms with Crippen LogP contribution in [0.15, 0.2) is 60.7 Å². The number of rotatable bonds is 8. The Morgan fingerprint density at radius 1 is 0.831 bits per heavy atom. The van der Waals surface area contributed by atoms with E-state index in [0.29, 0.717) is 24.2 Å². The smallest absolute Gasteiger partial charge is 0.243 e. The standard InChI is InChI=1S/C48H53N7O4/c1-26(2)43(53-58-5)48(57)55-39-24-34(39)25-41(55)47-50-38-15-11-33-22-30(9-13-36(33)45(38)52-47)7-6-29-8-12-35-32(21-29)10-14-37-44(35)51-46(49-37)40-20-27(3)28(4)54(40)42(56)23-31-16-18-59-19-17-31/h8-15,21-22,26-28,31,34,39-41,43,53H,16-20,23-25H2,1-5H3,(H,49,51)(H,50,52)/t27?,28-,34?,39?,40+,41+,43+/m1/s1. The Balaban J connectivity index is 0.884. The zero-order valence-corrected chi connectivity index (χ0v) is 34.5. The Hall–Kier alpha value is -5.28. The van der Waals surface area contributed by atoms with Gasteiger partial charge in [-0.3, -0.25) is 9.59 Å². The molecule has 1 aliphatic carbocycles. The van der Waals surface area contributed by atoms with Crippen LogP contribution in [-0.4, -0.2) is 80.0 Å². The third kappa shape index (κ3) is 6.85. The fourth-order valence-corrected chi connectivity index (χ4v) is 10.2. The molecule has 6 aromatic rings. The SMILES string of the molecule is CON[C@H](C(=O)N1C2CC2C[C@H]1c1nc2c(ccc3cc(C#Cc4ccc5c(ccc6[nH]c([C@@H]7CC(C)[C@@H](C)N7C(=O)CC7CCOCC7)nc65)c4)ccc32)[nH]1)C(C)C. The molecule has 5 heterocycles. The Kier molecular flexibility index (Phi) is 9.70. The van der Waals surface area contributed by atoms with Crippen molar-refractivity contribution < 1.29 is 19.2 Å². The summed E-state index contributed by atoms with van der Waals surface area (Å²) in [6.07, 6.45) is 5.36. The highest BCUT2D eigenvalue weighted by molar-refractivity contribution is 6.05. The van der Waals surface area contributed by atoms with Crippen molar-refractivity contribution >= 4 is 55.4 Å². The average molecular weight is 792 g/mol. The quantitative estimate of drug-likeness (QED) is 0.105. The van der Waals surface area contributed by atoms with Crippen LogP contribution in [-0.2, 0) is 19.2 Å². The van der Waals surface area contributed by atoms with E-state index < -0.39 is 6.04 Å². The maximum Gasteiger partial charge on any atom is 0.243 e. The van der Waals surface area contributed by atoms with Crippen molar-refractivity contribution in [3.63, 3.8) is 0 Å². The summed E-state index contributed by atoms with van der Waals surface area (Å²) in [5.74, 6) is 10.2. The second-order valence-corrected chi connectivity index (χ2v) is 17.9. The Morgan fingerprint density at radius 2 is 1.42 bits per heavy atom. The Bertz CT molecular complexity index is 2670. The van der Waals surface area contributed by atoms with Crippen LogP contribution >= 0.6 is 0 Å². The van der Waals surface area contributed by atoms with Gasteiger partial charge < -0.3 is 29.3 Å². The molecule has 2 aromatic heterocycles. The molecule has 0 bridgehead atoms. The largest absolute Gasteiger partial charge is 0.381 e. The number of fused-ring (bicyclic) bond motifs is 7. The number of aromatic amines is 2. The first-order chi connectivity index (χ1) is 28.6. The van der Waals surface area contributed by atoms with Gasteiger partial charge in [-0.05, 0) is 110 Å². The summed E-state index contributed by atoms with van der Waals surface area (Å²) in [6.45, 7) is 10.00. The van der Waals surface area contributed by atoms with Crippen molar-refractivity contribution in [2.75, 3.05) is 20.3 Å². The van der Waals surface area contributed by atoms with Crippen LogP contribution in [0.25, 0.3) is 43.6 Å². The highest BCUT2D eigenvalue weighted by Gasteiger charge is 2.56. The number of carbonyl (C=O) groups is 2. The molecule has 1 saturated carbocycles. The van der Waals surface area contributed by atoms with E-state index in [-0.39, 0.29) is 41.9 Å². The Morgan fingerprint density at radius 3 is 2.00 bits per heavy atom. The van der Waals surface area contributed by atoms with Gasteiger partial charge in [0, 0.05) is 53.6 Å². The van der Waals surface area contributed by atoms with E-state index in [9.17, 15) is 9.59 Å². The summed E-state index contributed by atoms with van der Waals surface area (Å²) in [5, 5.41) is 4.27. The lowest BCUT2D eigenvalue weighted by Crippen LogP contribution is -2.49. The van der Waals surface area contributed by atoms with Crippen LogP contribution < -0.4 is 5.48 Å². The predicted molar refractivity (Wildman–Crippen MR) is 229 cm³/mol. The van der Waals surface area contributed by atoms with Crippen LogP contribution in [0, 0.1) is 35.5 Å². The highest BCUT2D eigenvalue weighted by Crippen LogP contribution is 2.53. The zero-order valence-electron chi connectivity index (χ0n) is 34.5. The van der Waals surface area contributed by atoms with Gasteiger partial charge in [-0.1, -0.05) is 56.9 Å². The fraction of sp³-hybridized carbons (Fsp3) is 0.458. The highest BCUT2D eigenvalue weighted by atomic mass is 16.6. The molecule has 304 valence electrons. The van der Waals surface area contributed by atoms with Gasteiger partial charge in [0.05, 0.1) is 41.3 Å². The van der Waals surface area contributed by atoms with E-state index in [1.54, 1.807) is 7.11 Å². The van der Waals surface area contributed by atoms with Gasteiger partial charge >= 0.3 is 0 Å². The van der Waals surface area contributed by atoms with Crippen LogP contribution in [0.2, 0.25) is 0 Å². The summed E-state index contributed by atoms with van der Waals surface area (Å²) >= 11 is 0. The molecule has 4 aromatic carbocycles. The second kappa shape index (κ2) is 15.1. The third-order valence-corrected chi connectivity index (χ3v) is 13.8. The minimum absolute atomic E-state index is 0.0615. The van der Waals surface area contributed by atoms with Gasteiger partial charge in [0.25, 0.3) is 0 Å². The molecule has 7 atom stereocenters. The fourth-order valence-electron chi connectivity index (χ4n) is 10.2. The molecule has 4 aliphatic rings. The van der Waals surface area contributed by atoms with Crippen LogP contribution in [0.1, 0.15) is 101 Å². The molecule has 10 rings (SSSR count). The predicted octanol–water partition coefficient (Wildman–Crippen LogP) is 8.10. The van der Waals surface area contributed by atoms with E-state index >= 15 is 0 Å².